The van der Waals surface area contributed by atoms with Crippen molar-refractivity contribution >= 4 is 11.6 Å². The third-order valence-corrected chi connectivity index (χ3v) is 3.60. The summed E-state index contributed by atoms with van der Waals surface area (Å²) >= 11 is 0. The van der Waals surface area contributed by atoms with Crippen LogP contribution in [0.25, 0.3) is 0 Å². The number of nitrogens with zero attached hydrogens (tertiary/aromatic N) is 1. The molecule has 18 heavy (non-hydrogen) atoms. The van der Waals surface area contributed by atoms with E-state index in [-0.39, 0.29) is 11.8 Å². The first-order valence-corrected chi connectivity index (χ1v) is 6.66. The van der Waals surface area contributed by atoms with Gasteiger partial charge >= 0.3 is 0 Å². The Balaban J connectivity index is 2.07. The van der Waals surface area contributed by atoms with Gasteiger partial charge in [-0.05, 0) is 37.6 Å². The van der Waals surface area contributed by atoms with Crippen molar-refractivity contribution < 1.29 is 4.79 Å². The van der Waals surface area contributed by atoms with Crippen molar-refractivity contribution in [3.05, 3.63) is 29.8 Å². The molecule has 1 atom stereocenters. The molecule has 1 aromatic rings. The Bertz CT molecular complexity index is 428. The zero-order valence-corrected chi connectivity index (χ0v) is 11.4. The molecule has 1 unspecified atom stereocenters. The Kier molecular flexibility index (Phi) is 4.02. The van der Waals surface area contributed by atoms with E-state index in [0.717, 1.165) is 25.2 Å². The number of benzene rings is 1. The predicted molar refractivity (Wildman–Crippen MR) is 74.8 cm³/mol. The largest absolute Gasteiger partial charge is 0.326 e. The summed E-state index contributed by atoms with van der Waals surface area (Å²) in [5.41, 5.74) is 2.17. The molecule has 3 nitrogen and oxygen atoms in total. The normalized spacial score (nSPS) is 20.3. The molecule has 1 heterocycles. The zero-order chi connectivity index (χ0) is 13.1. The first-order chi connectivity index (χ1) is 8.58. The van der Waals surface area contributed by atoms with Gasteiger partial charge in [-0.1, -0.05) is 32.0 Å². The Morgan fingerprint density at radius 3 is 2.72 bits per heavy atom. The molecule has 0 spiro atoms. The standard InChI is InChI=1S/C15H22N2O/c1-11(2)13-6-4-5-7-14(13)16-15(18)12-8-9-17(3)10-12/h4-7,11-12H,8-10H2,1-3H3,(H,16,18). The third-order valence-electron chi connectivity index (χ3n) is 3.60. The molecule has 3 heteroatoms. The van der Waals surface area contributed by atoms with Crippen molar-refractivity contribution in [3.63, 3.8) is 0 Å². The summed E-state index contributed by atoms with van der Waals surface area (Å²) in [6.07, 6.45) is 0.964. The number of carbonyl (C=O) groups excluding carboxylic acids is 1. The molecule has 98 valence electrons. The average molecular weight is 246 g/mol. The Labute approximate surface area is 109 Å². The maximum absolute atomic E-state index is 12.2. The molecule has 0 saturated carbocycles. The summed E-state index contributed by atoms with van der Waals surface area (Å²) in [5, 5.41) is 3.09. The van der Waals surface area contributed by atoms with Crippen molar-refractivity contribution in [2.75, 3.05) is 25.5 Å². The molecular weight excluding hydrogens is 224 g/mol. The summed E-state index contributed by atoms with van der Waals surface area (Å²) in [4.78, 5) is 14.4. The van der Waals surface area contributed by atoms with Gasteiger partial charge in [-0.2, -0.15) is 0 Å². The van der Waals surface area contributed by atoms with Crippen LogP contribution in [0.3, 0.4) is 0 Å². The highest BCUT2D eigenvalue weighted by molar-refractivity contribution is 5.93. The lowest BCUT2D eigenvalue weighted by Gasteiger charge is -2.16. The van der Waals surface area contributed by atoms with Gasteiger partial charge in [0.05, 0.1) is 5.92 Å². The summed E-state index contributed by atoms with van der Waals surface area (Å²) in [6.45, 7) is 6.18. The van der Waals surface area contributed by atoms with Crippen LogP contribution in [-0.2, 0) is 4.79 Å². The Morgan fingerprint density at radius 1 is 1.39 bits per heavy atom. The monoisotopic (exact) mass is 246 g/mol. The van der Waals surface area contributed by atoms with Gasteiger partial charge in [-0.15, -0.1) is 0 Å². The fourth-order valence-electron chi connectivity index (χ4n) is 2.50. The van der Waals surface area contributed by atoms with Crippen molar-refractivity contribution in [3.8, 4) is 0 Å². The molecule has 0 aromatic heterocycles. The molecule has 1 aliphatic heterocycles. The molecular formula is C15H22N2O. The highest BCUT2D eigenvalue weighted by Gasteiger charge is 2.26. The van der Waals surface area contributed by atoms with E-state index < -0.39 is 0 Å². The van der Waals surface area contributed by atoms with Gasteiger partial charge in [0.15, 0.2) is 0 Å². The van der Waals surface area contributed by atoms with Crippen LogP contribution in [0.2, 0.25) is 0 Å². The van der Waals surface area contributed by atoms with Gasteiger partial charge in [0.25, 0.3) is 0 Å². The summed E-state index contributed by atoms with van der Waals surface area (Å²) in [5.74, 6) is 0.718. The van der Waals surface area contributed by atoms with E-state index in [1.807, 2.05) is 18.2 Å². The second kappa shape index (κ2) is 5.53. The molecule has 1 aliphatic rings. The average Bonchev–Trinajstić information content (AvgIpc) is 2.76. The molecule has 1 N–H and O–H groups in total. The van der Waals surface area contributed by atoms with E-state index in [2.05, 4.69) is 37.2 Å². The number of likely N-dealkylation sites (tertiary alicyclic amines) is 1. The molecule has 0 bridgehead atoms. The smallest absolute Gasteiger partial charge is 0.228 e. The number of amides is 1. The second-order valence-electron chi connectivity index (χ2n) is 5.48. The van der Waals surface area contributed by atoms with Crippen LogP contribution in [-0.4, -0.2) is 30.9 Å². The summed E-state index contributed by atoms with van der Waals surface area (Å²) in [6, 6.07) is 8.07. The van der Waals surface area contributed by atoms with Crippen LogP contribution in [0, 0.1) is 5.92 Å². The number of carbonyl (C=O) groups is 1. The lowest BCUT2D eigenvalue weighted by atomic mass is 10.0. The van der Waals surface area contributed by atoms with E-state index in [0.29, 0.717) is 5.92 Å². The minimum absolute atomic E-state index is 0.134. The van der Waals surface area contributed by atoms with Crippen LogP contribution in [0.4, 0.5) is 5.69 Å². The Morgan fingerprint density at radius 2 is 2.11 bits per heavy atom. The second-order valence-corrected chi connectivity index (χ2v) is 5.48. The molecule has 0 radical (unpaired) electrons. The van der Waals surface area contributed by atoms with Crippen LogP contribution < -0.4 is 5.32 Å². The molecule has 1 aromatic carbocycles. The third kappa shape index (κ3) is 2.91. The topological polar surface area (TPSA) is 32.3 Å². The van der Waals surface area contributed by atoms with Gasteiger partial charge < -0.3 is 10.2 Å². The predicted octanol–water partition coefficient (Wildman–Crippen LogP) is 2.70. The van der Waals surface area contributed by atoms with E-state index >= 15 is 0 Å². The zero-order valence-electron chi connectivity index (χ0n) is 11.4. The van der Waals surface area contributed by atoms with Gasteiger partial charge in [0, 0.05) is 12.2 Å². The fraction of sp³-hybridized carbons (Fsp3) is 0.533. The van der Waals surface area contributed by atoms with Crippen LogP contribution in [0.15, 0.2) is 24.3 Å². The molecule has 0 aliphatic carbocycles. The lowest BCUT2D eigenvalue weighted by molar-refractivity contribution is -0.119. The van der Waals surface area contributed by atoms with Crippen molar-refractivity contribution in [2.45, 2.75) is 26.2 Å². The number of hydrogen-bond acceptors (Lipinski definition) is 2. The van der Waals surface area contributed by atoms with Crippen molar-refractivity contribution in [1.82, 2.24) is 4.90 Å². The number of nitrogens with one attached hydrogen (secondary N) is 1. The Hall–Kier alpha value is -1.35. The van der Waals surface area contributed by atoms with Crippen molar-refractivity contribution in [1.29, 1.82) is 0 Å². The molecule has 1 fully saturated rings. The van der Waals surface area contributed by atoms with E-state index in [9.17, 15) is 4.79 Å². The van der Waals surface area contributed by atoms with Crippen LogP contribution in [0.5, 0.6) is 0 Å². The highest BCUT2D eigenvalue weighted by Crippen LogP contribution is 2.25. The fourth-order valence-corrected chi connectivity index (χ4v) is 2.50. The summed E-state index contributed by atoms with van der Waals surface area (Å²) < 4.78 is 0. The first-order valence-electron chi connectivity index (χ1n) is 6.66. The highest BCUT2D eigenvalue weighted by atomic mass is 16.1. The molecule has 2 rings (SSSR count). The van der Waals surface area contributed by atoms with Gasteiger partial charge in [0.2, 0.25) is 5.91 Å². The van der Waals surface area contributed by atoms with E-state index in [1.54, 1.807) is 0 Å². The molecule has 1 amide bonds. The number of rotatable bonds is 3. The summed E-state index contributed by atoms with van der Waals surface area (Å²) in [7, 11) is 2.06. The lowest BCUT2D eigenvalue weighted by Crippen LogP contribution is -2.25. The van der Waals surface area contributed by atoms with Crippen LogP contribution in [0.1, 0.15) is 31.7 Å². The van der Waals surface area contributed by atoms with Gasteiger partial charge in [-0.3, -0.25) is 4.79 Å². The minimum atomic E-state index is 0.134. The number of hydrogen-bond donors (Lipinski definition) is 1. The van der Waals surface area contributed by atoms with Crippen LogP contribution >= 0.6 is 0 Å². The van der Waals surface area contributed by atoms with Gasteiger partial charge in [-0.25, -0.2) is 0 Å². The van der Waals surface area contributed by atoms with E-state index in [4.69, 9.17) is 0 Å². The number of para-hydroxylation sites is 1. The van der Waals surface area contributed by atoms with Gasteiger partial charge in [0.1, 0.15) is 0 Å². The maximum atomic E-state index is 12.2. The number of anilines is 1. The quantitative estimate of drug-likeness (QED) is 0.889. The SMILES string of the molecule is CC(C)c1ccccc1NC(=O)C1CCN(C)C1. The van der Waals surface area contributed by atoms with E-state index in [1.165, 1.54) is 5.56 Å². The molecule has 1 saturated heterocycles. The van der Waals surface area contributed by atoms with Crippen molar-refractivity contribution in [2.24, 2.45) is 5.92 Å². The first kappa shape index (κ1) is 13.1. The maximum Gasteiger partial charge on any atom is 0.228 e. The minimum Gasteiger partial charge on any atom is -0.326 e.